The summed E-state index contributed by atoms with van der Waals surface area (Å²) in [6.07, 6.45) is 0. The van der Waals surface area contributed by atoms with Gasteiger partial charge in [-0.25, -0.2) is 0 Å². The summed E-state index contributed by atoms with van der Waals surface area (Å²) in [5.41, 5.74) is 0. The molecule has 0 aromatic heterocycles. The van der Waals surface area contributed by atoms with E-state index in [1.54, 1.807) is 0 Å². The van der Waals surface area contributed by atoms with E-state index in [9.17, 15) is 0 Å². The van der Waals surface area contributed by atoms with Gasteiger partial charge in [-0.15, -0.1) is 0 Å². The Morgan fingerprint density at radius 3 is 2.33 bits per heavy atom. The third-order valence-electron chi connectivity index (χ3n) is 1.57. The van der Waals surface area contributed by atoms with E-state index in [1.807, 2.05) is 0 Å². The summed E-state index contributed by atoms with van der Waals surface area (Å²) in [5.74, 6) is 0. The van der Waals surface area contributed by atoms with Crippen LogP contribution in [0.15, 0.2) is 0 Å². The fraction of sp³-hybridized carbons (Fsp3) is 1.00. The van der Waals surface area contributed by atoms with Gasteiger partial charge in [-0.2, -0.15) is 0 Å². The molecule has 0 aromatic carbocycles. The van der Waals surface area contributed by atoms with Gasteiger partial charge in [0.1, 0.15) is 0 Å². The molecule has 1 rings (SSSR count). The Bertz CT molecular complexity index is 81.1. The van der Waals surface area contributed by atoms with E-state index in [2.05, 4.69) is 27.8 Å². The molecule has 2 nitrogen and oxygen atoms in total. The van der Waals surface area contributed by atoms with Crippen molar-refractivity contribution in [3.63, 3.8) is 0 Å². The second-order valence-corrected chi connectivity index (χ2v) is 3.85. The van der Waals surface area contributed by atoms with Crippen molar-refractivity contribution in [3.8, 4) is 0 Å². The molecule has 0 amide bonds. The fourth-order valence-corrected chi connectivity index (χ4v) is 1.44. The average molecular weight is 194 g/mol. The van der Waals surface area contributed by atoms with Gasteiger partial charge >= 0.3 is 63.8 Å². The van der Waals surface area contributed by atoms with Crippen LogP contribution in [0.25, 0.3) is 0 Å². The van der Waals surface area contributed by atoms with Gasteiger partial charge in [0.15, 0.2) is 0 Å². The number of rotatable bonds is 1. The van der Waals surface area contributed by atoms with Crippen LogP contribution in [0, 0.1) is 0 Å². The van der Waals surface area contributed by atoms with Crippen molar-refractivity contribution in [2.45, 2.75) is 11.9 Å². The second kappa shape index (κ2) is 3.57. The molecule has 1 fully saturated rings. The van der Waals surface area contributed by atoms with Gasteiger partial charge < -0.3 is 0 Å². The van der Waals surface area contributed by atoms with Gasteiger partial charge in [-0.3, -0.25) is 0 Å². The molecule has 1 unspecified atom stereocenters. The number of ether oxygens (including phenoxy) is 1. The van der Waals surface area contributed by atoms with Crippen LogP contribution in [0.1, 0.15) is 6.92 Å². The van der Waals surface area contributed by atoms with Gasteiger partial charge in [0.25, 0.3) is 0 Å². The molecular formula is C6H13NOSe. The third kappa shape index (κ3) is 2.26. The van der Waals surface area contributed by atoms with E-state index < -0.39 is 0 Å². The maximum atomic E-state index is 5.20. The first-order valence-electron chi connectivity index (χ1n) is 3.30. The van der Waals surface area contributed by atoms with Gasteiger partial charge in [0.05, 0.1) is 0 Å². The minimum absolute atomic E-state index is 0.626. The van der Waals surface area contributed by atoms with Crippen molar-refractivity contribution in [3.05, 3.63) is 0 Å². The van der Waals surface area contributed by atoms with Crippen LogP contribution in [0.3, 0.4) is 0 Å². The van der Waals surface area contributed by atoms with E-state index >= 15 is 0 Å². The molecule has 3 heteroatoms. The summed E-state index contributed by atoms with van der Waals surface area (Å²) in [6.45, 7) is 6.20. The van der Waals surface area contributed by atoms with Gasteiger partial charge in [0, 0.05) is 0 Å². The summed E-state index contributed by atoms with van der Waals surface area (Å²) < 4.78 is 5.20. The Labute approximate surface area is 64.4 Å². The Kier molecular flexibility index (Phi) is 2.99. The van der Waals surface area contributed by atoms with Crippen LogP contribution in [0.4, 0.5) is 0 Å². The minimum atomic E-state index is 0.626. The van der Waals surface area contributed by atoms with Crippen LogP contribution < -0.4 is 0 Å². The molecule has 0 bridgehead atoms. The number of morpholine rings is 1. The van der Waals surface area contributed by atoms with Crippen LogP contribution in [-0.4, -0.2) is 52.2 Å². The van der Waals surface area contributed by atoms with Crippen LogP contribution >= 0.6 is 0 Å². The monoisotopic (exact) mass is 195 g/mol. The first-order chi connectivity index (χ1) is 4.30. The summed E-state index contributed by atoms with van der Waals surface area (Å²) in [5, 5.41) is 0. The predicted molar refractivity (Wildman–Crippen MR) is 39.0 cm³/mol. The fourth-order valence-electron chi connectivity index (χ4n) is 0.951. The summed E-state index contributed by atoms with van der Waals surface area (Å²) in [6, 6.07) is 0. The molecule has 9 heavy (non-hydrogen) atoms. The number of hydrogen-bond donors (Lipinski definition) is 0. The van der Waals surface area contributed by atoms with Crippen molar-refractivity contribution in [2.75, 3.05) is 26.3 Å². The quantitative estimate of drug-likeness (QED) is 0.525. The molecule has 1 heterocycles. The van der Waals surface area contributed by atoms with Gasteiger partial charge in [-0.1, -0.05) is 0 Å². The molecule has 0 N–H and O–H groups in total. The molecule has 0 aromatic rings. The Hall–Kier alpha value is 0.439. The molecule has 0 saturated carbocycles. The predicted octanol–water partition coefficient (Wildman–Crippen LogP) is -0.435. The summed E-state index contributed by atoms with van der Waals surface area (Å²) in [4.78, 5) is 3.03. The van der Waals surface area contributed by atoms with Crippen molar-refractivity contribution >= 4 is 16.0 Å². The van der Waals surface area contributed by atoms with Crippen molar-refractivity contribution in [2.24, 2.45) is 0 Å². The van der Waals surface area contributed by atoms with Gasteiger partial charge in [-0.05, 0) is 0 Å². The topological polar surface area (TPSA) is 12.5 Å². The summed E-state index contributed by atoms with van der Waals surface area (Å²) in [7, 11) is 0. The molecule has 54 valence electrons. The molecule has 1 aliphatic rings. The molecular weight excluding hydrogens is 181 g/mol. The van der Waals surface area contributed by atoms with Gasteiger partial charge in [0.2, 0.25) is 0 Å². The Morgan fingerprint density at radius 2 is 2.00 bits per heavy atom. The first-order valence-corrected chi connectivity index (χ1v) is 4.39. The third-order valence-corrected chi connectivity index (χ3v) is 2.26. The molecule has 1 saturated heterocycles. The zero-order valence-corrected chi connectivity index (χ0v) is 7.59. The normalized spacial score (nSPS) is 26.0. The molecule has 0 radical (unpaired) electrons. The Morgan fingerprint density at radius 1 is 1.44 bits per heavy atom. The maximum absolute atomic E-state index is 5.20. The van der Waals surface area contributed by atoms with E-state index in [0.717, 1.165) is 26.3 Å². The van der Waals surface area contributed by atoms with Crippen LogP contribution in [0.2, 0.25) is 0 Å². The van der Waals surface area contributed by atoms with Crippen LogP contribution in [-0.2, 0) is 4.74 Å². The van der Waals surface area contributed by atoms with Crippen molar-refractivity contribution in [1.29, 1.82) is 0 Å². The average Bonchev–Trinajstić information content (AvgIpc) is 1.90. The zero-order chi connectivity index (χ0) is 6.69. The number of nitrogens with zero attached hydrogens (tertiary/aromatic N) is 1. The second-order valence-electron chi connectivity index (χ2n) is 2.28. The Balaban J connectivity index is 2.23. The van der Waals surface area contributed by atoms with Crippen LogP contribution in [0.5, 0.6) is 0 Å². The van der Waals surface area contributed by atoms with Crippen molar-refractivity contribution < 1.29 is 4.74 Å². The van der Waals surface area contributed by atoms with E-state index in [4.69, 9.17) is 4.74 Å². The summed E-state index contributed by atoms with van der Waals surface area (Å²) >= 11 is 2.65. The molecule has 1 atom stereocenters. The van der Waals surface area contributed by atoms with Crippen molar-refractivity contribution in [1.82, 2.24) is 4.90 Å². The number of hydrogen-bond acceptors (Lipinski definition) is 2. The van der Waals surface area contributed by atoms with E-state index in [1.165, 1.54) is 0 Å². The van der Waals surface area contributed by atoms with E-state index in [0.29, 0.717) is 4.94 Å². The molecule has 0 aliphatic carbocycles. The SMILES string of the molecule is CC([SeH])N1CCOCC1. The van der Waals surface area contributed by atoms with E-state index in [-0.39, 0.29) is 0 Å². The zero-order valence-electron chi connectivity index (χ0n) is 5.71. The first kappa shape index (κ1) is 7.55. The standard InChI is InChI=1S/C6H13NOSe/c1-6(9)7-2-4-8-5-3-7/h6,9H,2-5H2,1H3. The molecule has 1 aliphatic heterocycles. The molecule has 0 spiro atoms.